The normalized spacial score (nSPS) is 12.6. The zero-order chi connectivity index (χ0) is 17.6. The van der Waals surface area contributed by atoms with E-state index in [0.717, 1.165) is 46.0 Å². The number of fused-ring (bicyclic) bond motifs is 3. The highest BCUT2D eigenvalue weighted by molar-refractivity contribution is 7.12. The molecule has 4 nitrogen and oxygen atoms in total. The Kier molecular flexibility index (Phi) is 3.92. The Morgan fingerprint density at radius 3 is 2.80 bits per heavy atom. The summed E-state index contributed by atoms with van der Waals surface area (Å²) < 4.78 is 18.8. The molecule has 0 spiro atoms. The highest BCUT2D eigenvalue weighted by Gasteiger charge is 2.29. The fraction of sp³-hybridized carbons (Fsp3) is 0.263. The number of nitrogens with one attached hydrogen (secondary N) is 1. The van der Waals surface area contributed by atoms with Gasteiger partial charge >= 0.3 is 0 Å². The van der Waals surface area contributed by atoms with Gasteiger partial charge in [-0.3, -0.25) is 4.79 Å². The minimum Gasteiger partial charge on any atom is -0.455 e. The molecular weight excluding hydrogens is 339 g/mol. The molecule has 0 aliphatic heterocycles. The molecule has 4 rings (SSSR count). The van der Waals surface area contributed by atoms with Crippen LogP contribution in [0.3, 0.4) is 0 Å². The van der Waals surface area contributed by atoms with Crippen molar-refractivity contribution in [2.45, 2.75) is 33.2 Å². The Morgan fingerprint density at radius 2 is 2.04 bits per heavy atom. The predicted molar refractivity (Wildman–Crippen MR) is 94.3 cm³/mol. The number of halogens is 1. The van der Waals surface area contributed by atoms with Gasteiger partial charge in [-0.05, 0) is 38.0 Å². The van der Waals surface area contributed by atoms with Gasteiger partial charge in [-0.2, -0.15) is 0 Å². The van der Waals surface area contributed by atoms with Gasteiger partial charge in [-0.1, -0.05) is 12.1 Å². The molecule has 0 unspecified atom stereocenters. The standard InChI is InChI=1S/C19H17FN2O2S/c1-10-16-14(7-8-15-17(16)22-11(2)25-15)24-18(10)19(23)21-9-12-3-5-13(20)6-4-12/h3-6H,7-9H2,1-2H3,(H,21,23). The first-order valence-electron chi connectivity index (χ1n) is 8.14. The number of nitrogens with zero attached hydrogens (tertiary/aromatic N) is 1. The van der Waals surface area contributed by atoms with Crippen molar-refractivity contribution in [1.29, 1.82) is 0 Å². The number of rotatable bonds is 3. The van der Waals surface area contributed by atoms with E-state index in [1.54, 1.807) is 23.5 Å². The molecule has 0 radical (unpaired) electrons. The maximum atomic E-state index is 12.9. The number of benzene rings is 1. The van der Waals surface area contributed by atoms with E-state index in [1.165, 1.54) is 17.0 Å². The van der Waals surface area contributed by atoms with E-state index in [4.69, 9.17) is 4.42 Å². The van der Waals surface area contributed by atoms with E-state index >= 15 is 0 Å². The van der Waals surface area contributed by atoms with Gasteiger partial charge in [0.2, 0.25) is 0 Å². The molecule has 1 aliphatic rings. The lowest BCUT2D eigenvalue weighted by molar-refractivity contribution is 0.0920. The fourth-order valence-electron chi connectivity index (χ4n) is 3.20. The van der Waals surface area contributed by atoms with Crippen molar-refractivity contribution in [2.75, 3.05) is 0 Å². The zero-order valence-electron chi connectivity index (χ0n) is 14.0. The van der Waals surface area contributed by atoms with Crippen molar-refractivity contribution in [3.05, 3.63) is 62.6 Å². The summed E-state index contributed by atoms with van der Waals surface area (Å²) in [5.41, 5.74) is 3.60. The van der Waals surface area contributed by atoms with E-state index in [0.29, 0.717) is 12.3 Å². The zero-order valence-corrected chi connectivity index (χ0v) is 14.8. The van der Waals surface area contributed by atoms with Crippen LogP contribution in [0, 0.1) is 19.7 Å². The monoisotopic (exact) mass is 356 g/mol. The highest BCUT2D eigenvalue weighted by atomic mass is 32.1. The molecule has 128 valence electrons. The van der Waals surface area contributed by atoms with Gasteiger partial charge in [-0.15, -0.1) is 11.3 Å². The topological polar surface area (TPSA) is 55.1 Å². The van der Waals surface area contributed by atoms with Crippen LogP contribution in [0.15, 0.2) is 28.7 Å². The van der Waals surface area contributed by atoms with Crippen LogP contribution in [0.2, 0.25) is 0 Å². The largest absolute Gasteiger partial charge is 0.455 e. The van der Waals surface area contributed by atoms with Gasteiger partial charge in [0.25, 0.3) is 5.91 Å². The van der Waals surface area contributed by atoms with E-state index in [-0.39, 0.29) is 11.7 Å². The minimum absolute atomic E-state index is 0.260. The number of hydrogen-bond donors (Lipinski definition) is 1. The number of thiazole rings is 1. The molecule has 2 heterocycles. The number of amides is 1. The average Bonchev–Trinajstić information content (AvgIpc) is 3.13. The molecule has 3 aromatic rings. The van der Waals surface area contributed by atoms with Crippen molar-refractivity contribution < 1.29 is 13.6 Å². The summed E-state index contributed by atoms with van der Waals surface area (Å²) in [7, 11) is 0. The van der Waals surface area contributed by atoms with Gasteiger partial charge in [0.05, 0.1) is 10.7 Å². The summed E-state index contributed by atoms with van der Waals surface area (Å²) in [6.07, 6.45) is 1.69. The highest BCUT2D eigenvalue weighted by Crippen LogP contribution is 2.40. The van der Waals surface area contributed by atoms with Crippen LogP contribution in [-0.4, -0.2) is 10.9 Å². The van der Waals surface area contributed by atoms with E-state index in [2.05, 4.69) is 10.3 Å². The third-order valence-electron chi connectivity index (χ3n) is 4.41. The first-order chi connectivity index (χ1) is 12.0. The lowest BCUT2D eigenvalue weighted by Crippen LogP contribution is -2.23. The molecule has 2 aromatic heterocycles. The third kappa shape index (κ3) is 2.87. The number of furan rings is 1. The van der Waals surface area contributed by atoms with Crippen LogP contribution in [0.4, 0.5) is 4.39 Å². The second-order valence-corrected chi connectivity index (χ2v) is 7.46. The second-order valence-electron chi connectivity index (χ2n) is 6.17. The Morgan fingerprint density at radius 1 is 1.28 bits per heavy atom. The summed E-state index contributed by atoms with van der Waals surface area (Å²) >= 11 is 1.70. The molecule has 1 amide bonds. The summed E-state index contributed by atoms with van der Waals surface area (Å²) in [4.78, 5) is 18.4. The molecule has 0 fully saturated rings. The first kappa shape index (κ1) is 16.0. The molecule has 0 bridgehead atoms. The Balaban J connectivity index is 1.58. The lowest BCUT2D eigenvalue weighted by atomic mass is 9.97. The van der Waals surface area contributed by atoms with Crippen molar-refractivity contribution in [1.82, 2.24) is 10.3 Å². The van der Waals surface area contributed by atoms with Crippen LogP contribution in [-0.2, 0) is 19.4 Å². The SMILES string of the molecule is Cc1nc2c(s1)CCc1oc(C(=O)NCc3ccc(F)cc3)c(C)c1-2. The third-order valence-corrected chi connectivity index (χ3v) is 5.44. The van der Waals surface area contributed by atoms with Crippen molar-refractivity contribution >= 4 is 17.2 Å². The molecule has 1 aliphatic carbocycles. The number of carbonyl (C=O) groups is 1. The van der Waals surface area contributed by atoms with Gasteiger partial charge in [0.1, 0.15) is 11.6 Å². The molecular formula is C19H17FN2O2S. The van der Waals surface area contributed by atoms with Crippen LogP contribution in [0.1, 0.15) is 37.3 Å². The number of aryl methyl sites for hydroxylation is 3. The second kappa shape index (κ2) is 6.11. The number of hydrogen-bond acceptors (Lipinski definition) is 4. The summed E-state index contributed by atoms with van der Waals surface area (Å²) in [5, 5.41) is 3.87. The van der Waals surface area contributed by atoms with Crippen LogP contribution >= 0.6 is 11.3 Å². The first-order valence-corrected chi connectivity index (χ1v) is 8.96. The average molecular weight is 356 g/mol. The molecule has 1 N–H and O–H groups in total. The van der Waals surface area contributed by atoms with Crippen LogP contribution in [0.5, 0.6) is 0 Å². The van der Waals surface area contributed by atoms with Crippen LogP contribution in [0.25, 0.3) is 11.3 Å². The van der Waals surface area contributed by atoms with Gasteiger partial charge < -0.3 is 9.73 Å². The molecule has 25 heavy (non-hydrogen) atoms. The van der Waals surface area contributed by atoms with Crippen molar-refractivity contribution in [3.63, 3.8) is 0 Å². The summed E-state index contributed by atoms with van der Waals surface area (Å²) in [5.74, 6) is 0.622. The van der Waals surface area contributed by atoms with E-state index < -0.39 is 0 Å². The van der Waals surface area contributed by atoms with Crippen LogP contribution < -0.4 is 5.32 Å². The van der Waals surface area contributed by atoms with E-state index in [1.807, 2.05) is 13.8 Å². The Hall–Kier alpha value is -2.47. The number of aromatic nitrogens is 1. The quantitative estimate of drug-likeness (QED) is 0.766. The molecule has 6 heteroatoms. The molecule has 0 saturated heterocycles. The summed E-state index contributed by atoms with van der Waals surface area (Å²) in [6.45, 7) is 4.22. The maximum absolute atomic E-state index is 12.9. The number of carbonyl (C=O) groups excluding carboxylic acids is 1. The summed E-state index contributed by atoms with van der Waals surface area (Å²) in [6, 6.07) is 6.06. The van der Waals surface area contributed by atoms with Crippen molar-refractivity contribution in [2.24, 2.45) is 0 Å². The smallest absolute Gasteiger partial charge is 0.287 e. The van der Waals surface area contributed by atoms with Gasteiger partial charge in [0, 0.05) is 29.0 Å². The Labute approximate surface area is 148 Å². The van der Waals surface area contributed by atoms with Gasteiger partial charge in [0.15, 0.2) is 5.76 Å². The lowest BCUT2D eigenvalue weighted by Gasteiger charge is -2.09. The Bertz CT molecular complexity index is 957. The minimum atomic E-state index is -0.293. The van der Waals surface area contributed by atoms with Crippen molar-refractivity contribution in [3.8, 4) is 11.3 Å². The molecule has 1 aromatic carbocycles. The fourth-order valence-corrected chi connectivity index (χ4v) is 4.14. The molecule has 0 atom stereocenters. The van der Waals surface area contributed by atoms with E-state index in [9.17, 15) is 9.18 Å². The van der Waals surface area contributed by atoms with Gasteiger partial charge in [-0.25, -0.2) is 9.37 Å². The predicted octanol–water partition coefficient (Wildman–Crippen LogP) is 4.19. The molecule has 0 saturated carbocycles. The maximum Gasteiger partial charge on any atom is 0.287 e.